The van der Waals surface area contributed by atoms with Crippen molar-refractivity contribution in [3.8, 4) is 0 Å². The predicted molar refractivity (Wildman–Crippen MR) is 137 cm³/mol. The van der Waals surface area contributed by atoms with Crippen LogP contribution in [0.1, 0.15) is 93.9 Å². The second kappa shape index (κ2) is 14.0. The fourth-order valence-electron chi connectivity index (χ4n) is 3.63. The molecule has 0 saturated heterocycles. The van der Waals surface area contributed by atoms with Gasteiger partial charge in [0.05, 0.1) is 0 Å². The molecule has 0 aliphatic heterocycles. The number of rotatable bonds is 15. The fraction of sp³-hybridized carbons (Fsp3) is 0.920. The van der Waals surface area contributed by atoms with E-state index in [9.17, 15) is 5.11 Å². The third kappa shape index (κ3) is 10.7. The van der Waals surface area contributed by atoms with E-state index in [0.29, 0.717) is 0 Å². The van der Waals surface area contributed by atoms with Crippen LogP contribution in [0, 0.1) is 5.92 Å². The van der Waals surface area contributed by atoms with Gasteiger partial charge in [0, 0.05) is 0 Å². The van der Waals surface area contributed by atoms with Crippen LogP contribution in [0.2, 0.25) is 31.4 Å². The van der Waals surface area contributed by atoms with Crippen molar-refractivity contribution in [3.05, 3.63) is 10.2 Å². The first-order chi connectivity index (χ1) is 13.4. The maximum absolute atomic E-state index is 11.0. The molecule has 0 heterocycles. The summed E-state index contributed by atoms with van der Waals surface area (Å²) in [4.78, 5) is 0. The van der Waals surface area contributed by atoms with Crippen LogP contribution in [0.25, 0.3) is 0 Å². The van der Waals surface area contributed by atoms with Crippen molar-refractivity contribution < 1.29 is 9.53 Å². The van der Waals surface area contributed by atoms with Crippen LogP contribution < -0.4 is 0 Å². The van der Waals surface area contributed by atoms with Gasteiger partial charge in [-0.3, -0.25) is 0 Å². The van der Waals surface area contributed by atoms with E-state index >= 15 is 0 Å². The van der Waals surface area contributed by atoms with Crippen LogP contribution in [-0.4, -0.2) is 44.0 Å². The van der Waals surface area contributed by atoms with Gasteiger partial charge >= 0.3 is 190 Å². The Morgan fingerprint density at radius 3 is 1.62 bits per heavy atom. The van der Waals surface area contributed by atoms with E-state index in [-0.39, 0.29) is 17.1 Å². The van der Waals surface area contributed by atoms with Crippen LogP contribution in [0.4, 0.5) is 0 Å². The summed E-state index contributed by atoms with van der Waals surface area (Å²) in [6.07, 6.45) is 9.76. The molecule has 2 atom stereocenters. The Balaban J connectivity index is 5.86. The summed E-state index contributed by atoms with van der Waals surface area (Å²) in [6.45, 7) is 22.7. The van der Waals surface area contributed by atoms with Gasteiger partial charge in [0.1, 0.15) is 0 Å². The van der Waals surface area contributed by atoms with Crippen molar-refractivity contribution in [1.29, 1.82) is 0 Å². The molecule has 0 radical (unpaired) electrons. The second-order valence-corrected chi connectivity index (χ2v) is 28.9. The number of hydrogen-bond donors (Lipinski definition) is 1. The van der Waals surface area contributed by atoms with Crippen molar-refractivity contribution in [1.82, 2.24) is 0 Å². The molecule has 0 unspecified atom stereocenters. The molecule has 0 fully saturated rings. The third-order valence-corrected chi connectivity index (χ3v) is 25.6. The summed E-state index contributed by atoms with van der Waals surface area (Å²) in [5, 5.41) is 11.2. The van der Waals surface area contributed by atoms with Crippen molar-refractivity contribution >= 4 is 26.7 Å². The zero-order chi connectivity index (χ0) is 22.7. The molecule has 4 heteroatoms. The first kappa shape index (κ1) is 29.7. The Bertz CT molecular complexity index is 432. The SMILES string of the molecule is CCC[CH2][Sn](/[CH]=C/[C@@H](O[Si](C)(C)C(C)(C)C)[C@H](O)C(C)C)([CH2]CCC)[CH2]CCC. The number of unbranched alkanes of at least 4 members (excludes halogenated alkanes) is 3. The topological polar surface area (TPSA) is 29.5 Å². The molecule has 0 amide bonds. The Labute approximate surface area is 189 Å². The fourth-order valence-corrected chi connectivity index (χ4v) is 19.2. The van der Waals surface area contributed by atoms with E-state index in [1.165, 1.54) is 51.8 Å². The molecule has 0 rings (SSSR count). The van der Waals surface area contributed by atoms with Gasteiger partial charge in [-0.15, -0.1) is 0 Å². The van der Waals surface area contributed by atoms with Crippen LogP contribution in [-0.2, 0) is 4.43 Å². The normalized spacial score (nSPS) is 16.0. The quantitative estimate of drug-likeness (QED) is 0.215. The van der Waals surface area contributed by atoms with E-state index < -0.39 is 32.8 Å². The predicted octanol–water partition coefficient (Wildman–Crippen LogP) is 8.34. The molecular formula is C25H54O2SiSn. The Morgan fingerprint density at radius 2 is 1.31 bits per heavy atom. The van der Waals surface area contributed by atoms with E-state index in [1.54, 1.807) is 0 Å². The van der Waals surface area contributed by atoms with Crippen LogP contribution in [0.3, 0.4) is 0 Å². The van der Waals surface area contributed by atoms with E-state index in [1.807, 2.05) is 0 Å². The van der Waals surface area contributed by atoms with Gasteiger partial charge in [0.25, 0.3) is 0 Å². The molecule has 0 aliphatic carbocycles. The van der Waals surface area contributed by atoms with Crippen molar-refractivity contribution in [2.45, 2.75) is 138 Å². The van der Waals surface area contributed by atoms with Crippen LogP contribution >= 0.6 is 0 Å². The molecule has 1 N–H and O–H groups in total. The summed E-state index contributed by atoms with van der Waals surface area (Å²) in [5.41, 5.74) is 0. The van der Waals surface area contributed by atoms with Gasteiger partial charge in [-0.1, -0.05) is 0 Å². The Hall–Kier alpha value is 0.676. The number of aliphatic hydroxyl groups excluding tert-OH is 1. The van der Waals surface area contributed by atoms with Gasteiger partial charge in [0.15, 0.2) is 0 Å². The van der Waals surface area contributed by atoms with Crippen LogP contribution in [0.15, 0.2) is 10.2 Å². The monoisotopic (exact) mass is 534 g/mol. The average Bonchev–Trinajstić information content (AvgIpc) is 2.64. The molecule has 0 aromatic carbocycles. The third-order valence-electron chi connectivity index (χ3n) is 6.98. The van der Waals surface area contributed by atoms with Crippen LogP contribution in [0.5, 0.6) is 0 Å². The minimum atomic E-state index is -2.37. The van der Waals surface area contributed by atoms with Gasteiger partial charge in [0.2, 0.25) is 0 Å². The van der Waals surface area contributed by atoms with Crippen molar-refractivity contribution in [2.75, 3.05) is 0 Å². The molecular weight excluding hydrogens is 479 g/mol. The molecule has 2 nitrogen and oxygen atoms in total. The summed E-state index contributed by atoms with van der Waals surface area (Å²) in [6, 6.07) is 0. The summed E-state index contributed by atoms with van der Waals surface area (Å²) < 4.78 is 13.8. The molecule has 29 heavy (non-hydrogen) atoms. The van der Waals surface area contributed by atoms with E-state index in [2.05, 4.69) is 78.7 Å². The molecule has 0 aromatic heterocycles. The average molecular weight is 534 g/mol. The van der Waals surface area contributed by atoms with Gasteiger partial charge in [-0.25, -0.2) is 0 Å². The molecule has 0 spiro atoms. The summed E-state index contributed by atoms with van der Waals surface area (Å²) in [7, 11) is -1.94. The van der Waals surface area contributed by atoms with Gasteiger partial charge in [-0.05, 0) is 0 Å². The van der Waals surface area contributed by atoms with E-state index in [0.717, 1.165) is 0 Å². The zero-order valence-electron chi connectivity index (χ0n) is 21.6. The summed E-state index contributed by atoms with van der Waals surface area (Å²) in [5.74, 6) is 0.209. The first-order valence-corrected chi connectivity index (χ1v) is 23.0. The first-order valence-electron chi connectivity index (χ1n) is 12.4. The van der Waals surface area contributed by atoms with Crippen molar-refractivity contribution in [2.24, 2.45) is 5.92 Å². The molecule has 174 valence electrons. The number of hydrogen-bond acceptors (Lipinski definition) is 2. The second-order valence-electron chi connectivity index (χ2n) is 11.1. The Morgan fingerprint density at radius 1 is 0.897 bits per heavy atom. The molecule has 0 aliphatic rings. The maximum atomic E-state index is 11.0. The molecule has 0 bridgehead atoms. The number of aliphatic hydroxyl groups is 1. The standard InChI is InChI=1S/C13H27O2Si.3C4H9.Sn/c1-9-11(12(14)10(2)3)15-16(7,8)13(4,5)6;3*1-3-4-2;/h1,9-12,14H,2-8H3;3*1,3-4H2,2H3;/t11-,12-;;;;/m1..../s1. The zero-order valence-corrected chi connectivity index (χ0v) is 25.5. The minimum absolute atomic E-state index is 0.156. The Kier molecular flexibility index (Phi) is 14.3. The molecule has 0 aromatic rings. The summed E-state index contributed by atoms with van der Waals surface area (Å²) >= 11 is -2.37. The molecule has 0 saturated carbocycles. The van der Waals surface area contributed by atoms with Gasteiger partial charge < -0.3 is 0 Å². The van der Waals surface area contributed by atoms with Gasteiger partial charge in [-0.2, -0.15) is 0 Å². The van der Waals surface area contributed by atoms with Crippen molar-refractivity contribution in [3.63, 3.8) is 0 Å². The van der Waals surface area contributed by atoms with E-state index in [4.69, 9.17) is 4.43 Å².